The number of hydrogen-bond donors (Lipinski definition) is 0. The largest absolute Gasteiger partial charge is 0.455 e. The fraction of sp³-hybridized carbons (Fsp3) is 0.0714. The highest BCUT2D eigenvalue weighted by Crippen LogP contribution is 2.41. The van der Waals surface area contributed by atoms with Crippen molar-refractivity contribution >= 4 is 55.7 Å². The van der Waals surface area contributed by atoms with Crippen LogP contribution in [0.3, 0.4) is 0 Å². The number of nitrogens with zero attached hydrogens (tertiary/aromatic N) is 3. The Kier molecular flexibility index (Phi) is 5.18. The van der Waals surface area contributed by atoms with Crippen LogP contribution in [0, 0.1) is 36.5 Å². The molecule has 0 bridgehead atoms. The Morgan fingerprint density at radius 2 is 1.36 bits per heavy atom. The van der Waals surface area contributed by atoms with E-state index in [9.17, 15) is 0 Å². The van der Waals surface area contributed by atoms with Crippen molar-refractivity contribution in [2.24, 2.45) is 0 Å². The number of hydrogen-bond acceptors (Lipinski definition) is 5. The van der Waals surface area contributed by atoms with Crippen LogP contribution in [-0.4, -0.2) is 0 Å². The van der Waals surface area contributed by atoms with Crippen LogP contribution < -0.4 is 4.90 Å². The zero-order valence-corrected chi connectivity index (χ0v) is 19.0. The summed E-state index contributed by atoms with van der Waals surface area (Å²) in [6.07, 6.45) is 1.59. The normalized spacial score (nSPS) is 10.7. The number of anilines is 3. The maximum Gasteiger partial charge on any atom is 0.146 e. The van der Waals surface area contributed by atoms with Crippen LogP contribution in [0.15, 0.2) is 82.8 Å². The van der Waals surface area contributed by atoms with E-state index in [1.54, 1.807) is 6.08 Å². The summed E-state index contributed by atoms with van der Waals surface area (Å²) in [5.74, 6) is 0. The molecule has 0 saturated carbocycles. The fourth-order valence-corrected chi connectivity index (χ4v) is 4.89. The molecule has 0 fully saturated rings. The minimum absolute atomic E-state index is 0.0809. The third kappa shape index (κ3) is 3.87. The van der Waals surface area contributed by atoms with Gasteiger partial charge in [0.05, 0.1) is 4.70 Å². The standard InChI is InChI=1S/C28H19N3OS/c1-18-3-7-21(8-4-18)31(22-9-5-19(2)6-10-22)23-11-12-25-26(14-23)32-27-15-24(33-28(25)27)13-20(16-29)17-30/h3-15H,1-2H3. The minimum atomic E-state index is 0.0809. The number of fused-ring (bicyclic) bond motifs is 3. The van der Waals surface area contributed by atoms with Crippen LogP contribution >= 0.6 is 11.3 Å². The molecule has 5 aromatic rings. The lowest BCUT2D eigenvalue weighted by Gasteiger charge is -2.25. The van der Waals surface area contributed by atoms with Crippen molar-refractivity contribution in [2.75, 3.05) is 4.90 Å². The number of benzene rings is 3. The van der Waals surface area contributed by atoms with E-state index in [4.69, 9.17) is 14.9 Å². The quantitative estimate of drug-likeness (QED) is 0.262. The van der Waals surface area contributed by atoms with Crippen LogP contribution in [0.4, 0.5) is 17.1 Å². The van der Waals surface area contributed by atoms with E-state index in [-0.39, 0.29) is 5.57 Å². The number of rotatable bonds is 4. The monoisotopic (exact) mass is 445 g/mol. The molecule has 4 nitrogen and oxygen atoms in total. The molecule has 0 aliphatic carbocycles. The Morgan fingerprint density at radius 1 is 0.788 bits per heavy atom. The van der Waals surface area contributed by atoms with Gasteiger partial charge in [0, 0.05) is 33.4 Å². The van der Waals surface area contributed by atoms with Gasteiger partial charge < -0.3 is 9.32 Å². The lowest BCUT2D eigenvalue weighted by atomic mass is 10.1. The molecule has 33 heavy (non-hydrogen) atoms. The molecule has 3 aromatic carbocycles. The van der Waals surface area contributed by atoms with E-state index in [2.05, 4.69) is 85.5 Å². The molecule has 0 amide bonds. The molecular formula is C28H19N3OS. The number of furan rings is 1. The van der Waals surface area contributed by atoms with Crippen molar-refractivity contribution in [2.45, 2.75) is 13.8 Å². The Bertz CT molecular complexity index is 1530. The van der Waals surface area contributed by atoms with Crippen LogP contribution in [0.25, 0.3) is 27.3 Å². The highest BCUT2D eigenvalue weighted by molar-refractivity contribution is 7.20. The van der Waals surface area contributed by atoms with Crippen molar-refractivity contribution in [3.05, 3.63) is 94.4 Å². The number of thiophene rings is 1. The second-order valence-corrected chi connectivity index (χ2v) is 9.00. The molecule has 5 rings (SSSR count). The van der Waals surface area contributed by atoms with Crippen molar-refractivity contribution in [1.29, 1.82) is 10.5 Å². The van der Waals surface area contributed by atoms with Gasteiger partial charge in [-0.1, -0.05) is 35.4 Å². The third-order valence-electron chi connectivity index (χ3n) is 5.52. The van der Waals surface area contributed by atoms with Crippen molar-refractivity contribution in [3.63, 3.8) is 0 Å². The second kappa shape index (κ2) is 8.31. The molecular weight excluding hydrogens is 426 g/mol. The summed E-state index contributed by atoms with van der Waals surface area (Å²) in [5, 5.41) is 19.1. The topological polar surface area (TPSA) is 64.0 Å². The van der Waals surface area contributed by atoms with Gasteiger partial charge in [-0.3, -0.25) is 0 Å². The minimum Gasteiger partial charge on any atom is -0.455 e. The summed E-state index contributed by atoms with van der Waals surface area (Å²) in [6, 6.07) is 28.9. The average molecular weight is 446 g/mol. The Balaban J connectivity index is 1.62. The zero-order valence-electron chi connectivity index (χ0n) is 18.2. The van der Waals surface area contributed by atoms with E-state index in [1.165, 1.54) is 22.5 Å². The molecule has 2 heterocycles. The predicted octanol–water partition coefficient (Wildman–Crippen LogP) is 8.16. The van der Waals surface area contributed by atoms with Gasteiger partial charge in [-0.15, -0.1) is 11.3 Å². The van der Waals surface area contributed by atoms with Gasteiger partial charge in [-0.25, -0.2) is 0 Å². The fourth-order valence-electron chi connectivity index (χ4n) is 3.83. The Morgan fingerprint density at radius 3 is 1.94 bits per heavy atom. The lowest BCUT2D eigenvalue weighted by Crippen LogP contribution is -2.09. The SMILES string of the molecule is Cc1ccc(N(c2ccc(C)cc2)c2ccc3c(c2)oc2cc(C=C(C#N)C#N)sc23)cc1. The average Bonchev–Trinajstić information content (AvgIpc) is 3.37. The summed E-state index contributed by atoms with van der Waals surface area (Å²) in [5.41, 5.74) is 7.22. The number of aryl methyl sites for hydroxylation is 2. The molecule has 5 heteroatoms. The molecule has 0 N–H and O–H groups in total. The highest BCUT2D eigenvalue weighted by atomic mass is 32.1. The first kappa shape index (κ1) is 20.6. The van der Waals surface area contributed by atoms with E-state index in [0.717, 1.165) is 43.2 Å². The summed E-state index contributed by atoms with van der Waals surface area (Å²) in [7, 11) is 0. The van der Waals surface area contributed by atoms with Crippen molar-refractivity contribution in [1.82, 2.24) is 0 Å². The van der Waals surface area contributed by atoms with Gasteiger partial charge in [0.1, 0.15) is 28.9 Å². The first-order valence-corrected chi connectivity index (χ1v) is 11.3. The zero-order chi connectivity index (χ0) is 22.9. The molecule has 2 aromatic heterocycles. The molecule has 0 atom stereocenters. The summed E-state index contributed by atoms with van der Waals surface area (Å²) < 4.78 is 7.18. The van der Waals surface area contributed by atoms with Gasteiger partial charge in [0.15, 0.2) is 0 Å². The maximum atomic E-state index is 9.02. The molecule has 0 aliphatic rings. The molecule has 0 aliphatic heterocycles. The molecule has 158 valence electrons. The van der Waals surface area contributed by atoms with E-state index >= 15 is 0 Å². The van der Waals surface area contributed by atoms with Gasteiger partial charge in [-0.05, 0) is 62.4 Å². The second-order valence-electron chi connectivity index (χ2n) is 7.91. The van der Waals surface area contributed by atoms with Crippen molar-refractivity contribution < 1.29 is 4.42 Å². The van der Waals surface area contributed by atoms with Gasteiger partial charge in [0.25, 0.3) is 0 Å². The molecule has 0 saturated heterocycles. The smallest absolute Gasteiger partial charge is 0.146 e. The van der Waals surface area contributed by atoms with Crippen LogP contribution in [0.1, 0.15) is 16.0 Å². The van der Waals surface area contributed by atoms with E-state index in [0.29, 0.717) is 0 Å². The summed E-state index contributed by atoms with van der Waals surface area (Å²) >= 11 is 1.52. The molecule has 0 spiro atoms. The van der Waals surface area contributed by atoms with Gasteiger partial charge >= 0.3 is 0 Å². The van der Waals surface area contributed by atoms with Crippen LogP contribution in [-0.2, 0) is 0 Å². The Hall–Kier alpha value is -4.32. The van der Waals surface area contributed by atoms with Gasteiger partial charge in [0.2, 0.25) is 0 Å². The lowest BCUT2D eigenvalue weighted by molar-refractivity contribution is 0.670. The van der Waals surface area contributed by atoms with Gasteiger partial charge in [-0.2, -0.15) is 10.5 Å². The number of nitriles is 2. The van der Waals surface area contributed by atoms with Crippen LogP contribution in [0.2, 0.25) is 0 Å². The summed E-state index contributed by atoms with van der Waals surface area (Å²) in [6.45, 7) is 4.17. The summed E-state index contributed by atoms with van der Waals surface area (Å²) in [4.78, 5) is 3.05. The first-order chi connectivity index (χ1) is 16.1. The molecule has 0 radical (unpaired) electrons. The van der Waals surface area contributed by atoms with E-state index in [1.807, 2.05) is 18.2 Å². The first-order valence-electron chi connectivity index (χ1n) is 10.5. The van der Waals surface area contributed by atoms with E-state index < -0.39 is 0 Å². The highest BCUT2D eigenvalue weighted by Gasteiger charge is 2.16. The third-order valence-corrected chi connectivity index (χ3v) is 6.61. The predicted molar refractivity (Wildman–Crippen MR) is 135 cm³/mol. The Labute approximate surface area is 195 Å². The maximum absolute atomic E-state index is 9.02. The van der Waals surface area contributed by atoms with Crippen molar-refractivity contribution in [3.8, 4) is 12.1 Å². The van der Waals surface area contributed by atoms with Crippen LogP contribution in [0.5, 0.6) is 0 Å². The molecule has 0 unspecified atom stereocenters. The number of allylic oxidation sites excluding steroid dienone is 1.